The molecule has 3 rings (SSSR count). The molecule has 2 aromatic carbocycles. The molecule has 1 atom stereocenters. The van der Waals surface area contributed by atoms with E-state index < -0.39 is 17.5 Å². The van der Waals surface area contributed by atoms with E-state index in [-0.39, 0.29) is 23.4 Å². The second-order valence-corrected chi connectivity index (χ2v) is 8.93. The Balaban J connectivity index is 1.59. The lowest BCUT2D eigenvalue weighted by Gasteiger charge is -2.22. The standard InChI is InChI=1S/C24H29N3O4/c1-23(2,3)17-9-11-19(12-10-17)31-14-6-13-27-21(29)24(4,26-22(27)30)18-8-5-7-16(15-18)20(25)28/h5,7-12,15H,6,13-14H2,1-4H3,(H2,25,28)(H,26,30). The SMILES string of the molecule is CC(C)(C)c1ccc(OCCCN2C(=O)NC(C)(c3cccc(C(N)=O)c3)C2=O)cc1. The number of urea groups is 1. The fourth-order valence-corrected chi connectivity index (χ4v) is 3.54. The maximum Gasteiger partial charge on any atom is 0.325 e. The largest absolute Gasteiger partial charge is 0.494 e. The minimum absolute atomic E-state index is 0.0750. The van der Waals surface area contributed by atoms with Gasteiger partial charge in [-0.2, -0.15) is 0 Å². The lowest BCUT2D eigenvalue weighted by molar-refractivity contribution is -0.131. The third-order valence-electron chi connectivity index (χ3n) is 5.51. The molecule has 7 nitrogen and oxygen atoms in total. The molecule has 31 heavy (non-hydrogen) atoms. The van der Waals surface area contributed by atoms with Crippen molar-refractivity contribution in [3.05, 3.63) is 65.2 Å². The van der Waals surface area contributed by atoms with Gasteiger partial charge in [0, 0.05) is 12.1 Å². The number of hydrogen-bond donors (Lipinski definition) is 2. The highest BCUT2D eigenvalue weighted by molar-refractivity contribution is 6.07. The summed E-state index contributed by atoms with van der Waals surface area (Å²) in [5, 5.41) is 2.74. The molecule has 1 unspecified atom stereocenters. The average Bonchev–Trinajstić information content (AvgIpc) is 2.94. The zero-order valence-electron chi connectivity index (χ0n) is 18.4. The number of primary amides is 1. The van der Waals surface area contributed by atoms with Crippen LogP contribution in [0.1, 0.15) is 55.6 Å². The van der Waals surface area contributed by atoms with E-state index in [0.717, 1.165) is 5.75 Å². The van der Waals surface area contributed by atoms with E-state index in [0.29, 0.717) is 18.6 Å². The highest BCUT2D eigenvalue weighted by Gasteiger charge is 2.48. The van der Waals surface area contributed by atoms with E-state index in [9.17, 15) is 14.4 Å². The number of imide groups is 1. The van der Waals surface area contributed by atoms with Gasteiger partial charge in [0.25, 0.3) is 5.91 Å². The third kappa shape index (κ3) is 4.71. The van der Waals surface area contributed by atoms with Crippen LogP contribution in [0.5, 0.6) is 5.75 Å². The molecule has 0 radical (unpaired) electrons. The van der Waals surface area contributed by atoms with Crippen LogP contribution in [0.3, 0.4) is 0 Å². The second kappa shape index (κ2) is 8.41. The number of ether oxygens (including phenoxy) is 1. The van der Waals surface area contributed by atoms with E-state index in [1.807, 2.05) is 24.3 Å². The minimum Gasteiger partial charge on any atom is -0.494 e. The van der Waals surface area contributed by atoms with Crippen LogP contribution in [-0.4, -0.2) is 35.9 Å². The van der Waals surface area contributed by atoms with Crippen molar-refractivity contribution in [2.24, 2.45) is 5.73 Å². The number of nitrogens with one attached hydrogen (secondary N) is 1. The lowest BCUT2D eigenvalue weighted by atomic mass is 9.87. The summed E-state index contributed by atoms with van der Waals surface area (Å²) in [5.74, 6) is -0.210. The quantitative estimate of drug-likeness (QED) is 0.527. The Hall–Kier alpha value is -3.35. The first-order valence-corrected chi connectivity index (χ1v) is 10.3. The predicted octanol–water partition coefficient (Wildman–Crippen LogP) is 3.32. The highest BCUT2D eigenvalue weighted by atomic mass is 16.5. The van der Waals surface area contributed by atoms with E-state index in [1.54, 1.807) is 25.1 Å². The highest BCUT2D eigenvalue weighted by Crippen LogP contribution is 2.29. The molecule has 0 spiro atoms. The first-order chi connectivity index (χ1) is 14.5. The van der Waals surface area contributed by atoms with Crippen molar-refractivity contribution in [1.29, 1.82) is 0 Å². The van der Waals surface area contributed by atoms with Crippen LogP contribution in [-0.2, 0) is 15.7 Å². The summed E-state index contributed by atoms with van der Waals surface area (Å²) < 4.78 is 5.76. The molecule has 164 valence electrons. The van der Waals surface area contributed by atoms with Crippen LogP contribution in [0.4, 0.5) is 4.79 Å². The summed E-state index contributed by atoms with van der Waals surface area (Å²) in [6.07, 6.45) is 0.498. The molecular weight excluding hydrogens is 394 g/mol. The van der Waals surface area contributed by atoms with Crippen molar-refractivity contribution < 1.29 is 19.1 Å². The van der Waals surface area contributed by atoms with Crippen molar-refractivity contribution in [3.63, 3.8) is 0 Å². The summed E-state index contributed by atoms with van der Waals surface area (Å²) in [7, 11) is 0. The molecule has 3 N–H and O–H groups in total. The fourth-order valence-electron chi connectivity index (χ4n) is 3.54. The number of nitrogens with zero attached hydrogens (tertiary/aromatic N) is 1. The van der Waals surface area contributed by atoms with Gasteiger partial charge in [0.05, 0.1) is 6.61 Å². The average molecular weight is 424 g/mol. The predicted molar refractivity (Wildman–Crippen MR) is 118 cm³/mol. The van der Waals surface area contributed by atoms with E-state index >= 15 is 0 Å². The van der Waals surface area contributed by atoms with Gasteiger partial charge in [-0.05, 0) is 54.2 Å². The number of benzene rings is 2. The van der Waals surface area contributed by atoms with Gasteiger partial charge in [-0.25, -0.2) is 4.79 Å². The maximum absolute atomic E-state index is 13.0. The summed E-state index contributed by atoms with van der Waals surface area (Å²) >= 11 is 0. The second-order valence-electron chi connectivity index (χ2n) is 8.93. The number of carbonyl (C=O) groups excluding carboxylic acids is 3. The summed E-state index contributed by atoms with van der Waals surface area (Å²) in [5.41, 5.74) is 6.19. The molecule has 1 saturated heterocycles. The topological polar surface area (TPSA) is 102 Å². The van der Waals surface area contributed by atoms with E-state index in [4.69, 9.17) is 10.5 Å². The van der Waals surface area contributed by atoms with Crippen molar-refractivity contribution in [3.8, 4) is 5.75 Å². The Kier molecular flexibility index (Phi) is 6.06. The van der Waals surface area contributed by atoms with Crippen molar-refractivity contribution >= 4 is 17.8 Å². The van der Waals surface area contributed by atoms with E-state index in [1.165, 1.54) is 16.5 Å². The number of nitrogens with two attached hydrogens (primary N) is 1. The minimum atomic E-state index is -1.24. The van der Waals surface area contributed by atoms with Crippen LogP contribution in [0.15, 0.2) is 48.5 Å². The van der Waals surface area contributed by atoms with Crippen molar-refractivity contribution in [2.45, 2.75) is 45.1 Å². The van der Waals surface area contributed by atoms with Gasteiger partial charge in [0.1, 0.15) is 11.3 Å². The smallest absolute Gasteiger partial charge is 0.325 e. The summed E-state index contributed by atoms with van der Waals surface area (Å²) in [4.78, 5) is 38.1. The van der Waals surface area contributed by atoms with Gasteiger partial charge in [-0.1, -0.05) is 45.0 Å². The molecule has 2 aromatic rings. The zero-order valence-corrected chi connectivity index (χ0v) is 18.4. The molecule has 0 aliphatic carbocycles. The van der Waals surface area contributed by atoms with Crippen molar-refractivity contribution in [1.82, 2.24) is 10.2 Å². The Morgan fingerprint density at radius 1 is 1.13 bits per heavy atom. The molecule has 7 heteroatoms. The van der Waals surface area contributed by atoms with Crippen LogP contribution >= 0.6 is 0 Å². The van der Waals surface area contributed by atoms with Crippen LogP contribution in [0.2, 0.25) is 0 Å². The first kappa shape index (κ1) is 22.3. The lowest BCUT2D eigenvalue weighted by Crippen LogP contribution is -2.41. The van der Waals surface area contributed by atoms with Crippen LogP contribution < -0.4 is 15.8 Å². The Morgan fingerprint density at radius 3 is 2.42 bits per heavy atom. The van der Waals surface area contributed by atoms with Gasteiger partial charge >= 0.3 is 6.03 Å². The van der Waals surface area contributed by atoms with Gasteiger partial charge in [0.15, 0.2) is 0 Å². The molecule has 1 heterocycles. The molecular formula is C24H29N3O4. The van der Waals surface area contributed by atoms with Gasteiger partial charge in [0.2, 0.25) is 5.91 Å². The fraction of sp³-hybridized carbons (Fsp3) is 0.375. The van der Waals surface area contributed by atoms with Gasteiger partial charge in [-0.15, -0.1) is 0 Å². The summed E-state index contributed by atoms with van der Waals surface area (Å²) in [6.45, 7) is 8.69. The zero-order chi connectivity index (χ0) is 22.8. The third-order valence-corrected chi connectivity index (χ3v) is 5.51. The molecule has 0 aromatic heterocycles. The van der Waals surface area contributed by atoms with Crippen molar-refractivity contribution in [2.75, 3.05) is 13.2 Å². The number of hydrogen-bond acceptors (Lipinski definition) is 4. The molecule has 1 aliphatic heterocycles. The Bertz CT molecular complexity index is 995. The van der Waals surface area contributed by atoms with Gasteiger partial charge in [-0.3, -0.25) is 14.5 Å². The normalized spacial score (nSPS) is 18.8. The molecule has 1 aliphatic rings. The number of carbonyl (C=O) groups is 3. The van der Waals surface area contributed by atoms with E-state index in [2.05, 4.69) is 26.1 Å². The molecule has 1 fully saturated rings. The molecule has 0 bridgehead atoms. The van der Waals surface area contributed by atoms with Crippen LogP contribution in [0.25, 0.3) is 0 Å². The van der Waals surface area contributed by atoms with Gasteiger partial charge < -0.3 is 15.8 Å². The van der Waals surface area contributed by atoms with Crippen LogP contribution in [0, 0.1) is 0 Å². The molecule has 0 saturated carbocycles. The Labute approximate surface area is 182 Å². The first-order valence-electron chi connectivity index (χ1n) is 10.3. The maximum atomic E-state index is 13.0. The molecule has 4 amide bonds. The summed E-state index contributed by atoms with van der Waals surface area (Å²) in [6, 6.07) is 13.9. The monoisotopic (exact) mass is 423 g/mol. The Morgan fingerprint density at radius 2 is 1.81 bits per heavy atom. The number of amides is 4. The number of rotatable bonds is 7.